The summed E-state index contributed by atoms with van der Waals surface area (Å²) in [6.45, 7) is 4.91. The molecular formula is C23H26N4O2. The van der Waals surface area contributed by atoms with Crippen LogP contribution in [-0.4, -0.2) is 51.7 Å². The number of aliphatic carboxylic acids is 1. The van der Waals surface area contributed by atoms with E-state index in [4.69, 9.17) is 4.98 Å². The maximum atomic E-state index is 12.3. The average Bonchev–Trinajstić information content (AvgIpc) is 3.04. The fourth-order valence-corrected chi connectivity index (χ4v) is 4.03. The van der Waals surface area contributed by atoms with Gasteiger partial charge in [-0.3, -0.25) is 9.69 Å². The van der Waals surface area contributed by atoms with Gasteiger partial charge in [-0.15, -0.1) is 0 Å². The zero-order valence-electron chi connectivity index (χ0n) is 16.8. The highest BCUT2D eigenvalue weighted by Gasteiger charge is 2.34. The van der Waals surface area contributed by atoms with Crippen LogP contribution in [0, 0.1) is 6.92 Å². The van der Waals surface area contributed by atoms with Gasteiger partial charge >= 0.3 is 5.97 Å². The van der Waals surface area contributed by atoms with Gasteiger partial charge in [-0.2, -0.15) is 0 Å². The molecule has 2 heterocycles. The Kier molecular flexibility index (Phi) is 5.36. The van der Waals surface area contributed by atoms with Crippen molar-refractivity contribution >= 4 is 11.7 Å². The van der Waals surface area contributed by atoms with Crippen LogP contribution in [0.3, 0.4) is 0 Å². The highest BCUT2D eigenvalue weighted by atomic mass is 16.4. The molecule has 4 rings (SSSR count). The largest absolute Gasteiger partial charge is 0.480 e. The predicted molar refractivity (Wildman–Crippen MR) is 114 cm³/mol. The molecule has 29 heavy (non-hydrogen) atoms. The van der Waals surface area contributed by atoms with Crippen molar-refractivity contribution in [3.63, 3.8) is 0 Å². The second kappa shape index (κ2) is 8.09. The lowest BCUT2D eigenvalue weighted by molar-refractivity contribution is -0.144. The van der Waals surface area contributed by atoms with E-state index < -0.39 is 12.0 Å². The molecule has 6 heteroatoms. The lowest BCUT2D eigenvalue weighted by Crippen LogP contribution is -2.49. The molecule has 3 aromatic rings. The van der Waals surface area contributed by atoms with Crippen molar-refractivity contribution in [1.29, 1.82) is 0 Å². The number of anilines is 1. The number of imidazole rings is 1. The molecule has 2 aromatic carbocycles. The van der Waals surface area contributed by atoms with E-state index in [1.165, 1.54) is 5.69 Å². The quantitative estimate of drug-likeness (QED) is 0.724. The Labute approximate surface area is 171 Å². The number of hydrogen-bond acceptors (Lipinski definition) is 4. The normalized spacial score (nSPS) is 16.0. The molecule has 0 spiro atoms. The number of benzene rings is 2. The van der Waals surface area contributed by atoms with E-state index in [9.17, 15) is 9.90 Å². The first-order valence-electron chi connectivity index (χ1n) is 9.91. The van der Waals surface area contributed by atoms with Crippen LogP contribution in [0.25, 0.3) is 11.4 Å². The minimum Gasteiger partial charge on any atom is -0.480 e. The Bertz CT molecular complexity index is 977. The molecule has 1 atom stereocenters. The van der Waals surface area contributed by atoms with Gasteiger partial charge in [-0.25, -0.2) is 4.98 Å². The lowest BCUT2D eigenvalue weighted by Gasteiger charge is -2.38. The van der Waals surface area contributed by atoms with E-state index in [2.05, 4.69) is 17.0 Å². The maximum Gasteiger partial charge on any atom is 0.327 e. The number of carboxylic acids is 1. The predicted octanol–water partition coefficient (Wildman–Crippen LogP) is 3.34. The maximum absolute atomic E-state index is 12.3. The van der Waals surface area contributed by atoms with E-state index in [0.29, 0.717) is 18.8 Å². The number of nitrogens with zero attached hydrogens (tertiary/aromatic N) is 4. The number of hydrogen-bond donors (Lipinski definition) is 1. The minimum absolute atomic E-state index is 0.631. The van der Waals surface area contributed by atoms with E-state index >= 15 is 0 Å². The van der Waals surface area contributed by atoms with Crippen LogP contribution in [-0.2, 0) is 11.8 Å². The van der Waals surface area contributed by atoms with Crippen LogP contribution in [0.4, 0.5) is 5.69 Å². The third kappa shape index (κ3) is 3.76. The molecular weight excluding hydrogens is 364 g/mol. The van der Waals surface area contributed by atoms with Gasteiger partial charge in [0, 0.05) is 50.2 Å². The van der Waals surface area contributed by atoms with Crippen molar-refractivity contribution in [3.05, 3.63) is 72.1 Å². The molecule has 0 radical (unpaired) electrons. The molecule has 1 aliphatic rings. The third-order valence-electron chi connectivity index (χ3n) is 5.74. The zero-order valence-corrected chi connectivity index (χ0v) is 16.8. The van der Waals surface area contributed by atoms with Crippen molar-refractivity contribution in [1.82, 2.24) is 14.5 Å². The molecule has 1 fully saturated rings. The summed E-state index contributed by atoms with van der Waals surface area (Å²) in [7, 11) is 1.94. The fraction of sp³-hybridized carbons (Fsp3) is 0.304. The molecule has 150 valence electrons. The van der Waals surface area contributed by atoms with Crippen LogP contribution < -0.4 is 4.90 Å². The number of piperazine rings is 1. The van der Waals surface area contributed by atoms with Gasteiger partial charge in [0.1, 0.15) is 5.82 Å². The molecule has 1 aliphatic heterocycles. The molecule has 6 nitrogen and oxygen atoms in total. The Hall–Kier alpha value is -3.12. The van der Waals surface area contributed by atoms with Crippen LogP contribution in [0.2, 0.25) is 0 Å². The SMILES string of the molecule is Cc1c(C(C(=O)O)N2CCN(c3ccccc3)CC2)nc(-c2ccccc2)n1C. The number of carboxylic acid groups (broad SMARTS) is 1. The van der Waals surface area contributed by atoms with E-state index in [-0.39, 0.29) is 0 Å². The fourth-order valence-electron chi connectivity index (χ4n) is 4.03. The summed E-state index contributed by atoms with van der Waals surface area (Å²) in [5.74, 6) is -0.0498. The second-order valence-electron chi connectivity index (χ2n) is 7.43. The topological polar surface area (TPSA) is 61.6 Å². The van der Waals surface area contributed by atoms with E-state index in [1.807, 2.05) is 72.0 Å². The molecule has 1 aromatic heterocycles. The average molecular weight is 390 g/mol. The molecule has 0 aliphatic carbocycles. The molecule has 0 saturated carbocycles. The van der Waals surface area contributed by atoms with Crippen molar-refractivity contribution in [3.8, 4) is 11.4 Å². The van der Waals surface area contributed by atoms with Gasteiger partial charge in [0.25, 0.3) is 0 Å². The Morgan fingerprint density at radius 1 is 0.966 bits per heavy atom. The number of carbonyl (C=O) groups is 1. The van der Waals surface area contributed by atoms with Crippen LogP contribution >= 0.6 is 0 Å². The minimum atomic E-state index is -0.848. The van der Waals surface area contributed by atoms with E-state index in [0.717, 1.165) is 30.2 Å². The highest BCUT2D eigenvalue weighted by molar-refractivity contribution is 5.76. The van der Waals surface area contributed by atoms with Crippen LogP contribution in [0.5, 0.6) is 0 Å². The van der Waals surface area contributed by atoms with Gasteiger partial charge in [-0.1, -0.05) is 48.5 Å². The lowest BCUT2D eigenvalue weighted by atomic mass is 10.1. The zero-order chi connectivity index (χ0) is 20.4. The number of rotatable bonds is 5. The third-order valence-corrected chi connectivity index (χ3v) is 5.74. The Morgan fingerprint density at radius 3 is 2.14 bits per heavy atom. The van der Waals surface area contributed by atoms with Gasteiger partial charge in [-0.05, 0) is 19.1 Å². The molecule has 0 bridgehead atoms. The Morgan fingerprint density at radius 2 is 1.55 bits per heavy atom. The first-order valence-corrected chi connectivity index (χ1v) is 9.91. The molecule has 0 amide bonds. The summed E-state index contributed by atoms with van der Waals surface area (Å²) in [4.78, 5) is 21.4. The van der Waals surface area contributed by atoms with Gasteiger partial charge in [0.05, 0.1) is 5.69 Å². The first kappa shape index (κ1) is 19.2. The summed E-state index contributed by atoms with van der Waals surface area (Å²) >= 11 is 0. The standard InChI is InChI=1S/C23H26N4O2/c1-17-20(24-22(25(17)2)18-9-5-3-6-10-18)21(23(28)29)27-15-13-26(14-16-27)19-11-7-4-8-12-19/h3-12,21H,13-16H2,1-2H3,(H,28,29). The van der Waals surface area contributed by atoms with Crippen molar-refractivity contribution in [2.24, 2.45) is 7.05 Å². The monoisotopic (exact) mass is 390 g/mol. The summed E-state index contributed by atoms with van der Waals surface area (Å²) in [6, 6.07) is 19.4. The highest BCUT2D eigenvalue weighted by Crippen LogP contribution is 2.29. The molecule has 1 unspecified atom stereocenters. The summed E-state index contributed by atoms with van der Waals surface area (Å²) < 4.78 is 1.99. The van der Waals surface area contributed by atoms with Crippen molar-refractivity contribution in [2.45, 2.75) is 13.0 Å². The van der Waals surface area contributed by atoms with Crippen molar-refractivity contribution < 1.29 is 9.90 Å². The summed E-state index contributed by atoms with van der Waals surface area (Å²) in [6.07, 6.45) is 0. The summed E-state index contributed by atoms with van der Waals surface area (Å²) in [5, 5.41) is 10.1. The first-order chi connectivity index (χ1) is 14.1. The van der Waals surface area contributed by atoms with Gasteiger partial charge < -0.3 is 14.6 Å². The number of aromatic nitrogens is 2. The summed E-state index contributed by atoms with van der Waals surface area (Å²) in [5.41, 5.74) is 3.69. The molecule has 1 saturated heterocycles. The van der Waals surface area contributed by atoms with Gasteiger partial charge in [0.2, 0.25) is 0 Å². The molecule has 1 N–H and O–H groups in total. The Balaban J connectivity index is 1.59. The van der Waals surface area contributed by atoms with Gasteiger partial charge in [0.15, 0.2) is 6.04 Å². The number of para-hydroxylation sites is 1. The van der Waals surface area contributed by atoms with Crippen LogP contribution in [0.15, 0.2) is 60.7 Å². The van der Waals surface area contributed by atoms with Crippen molar-refractivity contribution in [2.75, 3.05) is 31.1 Å². The van der Waals surface area contributed by atoms with E-state index in [1.54, 1.807) is 0 Å². The second-order valence-corrected chi connectivity index (χ2v) is 7.43. The van der Waals surface area contributed by atoms with Crippen LogP contribution in [0.1, 0.15) is 17.4 Å². The smallest absolute Gasteiger partial charge is 0.327 e.